The predicted octanol–water partition coefficient (Wildman–Crippen LogP) is 0.599. The Hall–Kier alpha value is -1.51. The maximum absolute atomic E-state index is 11.8. The summed E-state index contributed by atoms with van der Waals surface area (Å²) in [6, 6.07) is 3.72. The number of hydrogen-bond acceptors (Lipinski definition) is 6. The van der Waals surface area contributed by atoms with E-state index in [0.29, 0.717) is 0 Å². The van der Waals surface area contributed by atoms with E-state index in [1.54, 1.807) is 0 Å². The largest absolute Gasteiger partial charge is 0.368 e. The van der Waals surface area contributed by atoms with Gasteiger partial charge in [-0.25, -0.2) is 23.1 Å². The molecule has 90 valence electrons. The smallest absolute Gasteiger partial charge is 0.243 e. The molecule has 2 aromatic heterocycles. The van der Waals surface area contributed by atoms with E-state index in [1.165, 1.54) is 23.7 Å². The zero-order valence-corrected chi connectivity index (χ0v) is 10.3. The second kappa shape index (κ2) is 4.78. The van der Waals surface area contributed by atoms with Crippen LogP contribution in [-0.4, -0.2) is 18.4 Å². The summed E-state index contributed by atoms with van der Waals surface area (Å²) in [5.74, 6) is 0.0437. The lowest BCUT2D eigenvalue weighted by atomic mass is 10.5. The van der Waals surface area contributed by atoms with Gasteiger partial charge in [-0.3, -0.25) is 0 Å². The molecule has 0 amide bonds. The second-order valence-electron chi connectivity index (χ2n) is 3.18. The first-order chi connectivity index (χ1) is 8.08. The van der Waals surface area contributed by atoms with Gasteiger partial charge >= 0.3 is 0 Å². The fourth-order valence-corrected chi connectivity index (χ4v) is 2.76. The van der Waals surface area contributed by atoms with E-state index in [4.69, 9.17) is 5.73 Å². The molecule has 0 saturated heterocycles. The van der Waals surface area contributed by atoms with E-state index in [-0.39, 0.29) is 17.4 Å². The minimum atomic E-state index is -3.58. The molecule has 0 aliphatic rings. The maximum atomic E-state index is 11.8. The number of nitrogen functional groups attached to an aromatic ring is 1. The van der Waals surface area contributed by atoms with Crippen LogP contribution in [-0.2, 0) is 16.6 Å². The molecule has 2 aromatic rings. The number of anilines is 1. The fourth-order valence-electron chi connectivity index (χ4n) is 1.13. The number of rotatable bonds is 4. The monoisotopic (exact) mass is 270 g/mol. The Kier molecular flexibility index (Phi) is 3.36. The summed E-state index contributed by atoms with van der Waals surface area (Å²) in [6.45, 7) is 0.254. The van der Waals surface area contributed by atoms with Crippen molar-refractivity contribution in [1.29, 1.82) is 0 Å². The van der Waals surface area contributed by atoms with Gasteiger partial charge in [-0.2, -0.15) is 0 Å². The molecular formula is C9H10N4O2S2. The molecule has 0 radical (unpaired) electrons. The SMILES string of the molecule is Nc1ncc(S(=O)(=O)NCc2cccs2)cn1. The average molecular weight is 270 g/mol. The Bertz CT molecular complexity index is 578. The van der Waals surface area contributed by atoms with Gasteiger partial charge in [0.2, 0.25) is 16.0 Å². The zero-order chi connectivity index (χ0) is 12.3. The number of sulfonamides is 1. The molecule has 0 bridgehead atoms. The summed E-state index contributed by atoms with van der Waals surface area (Å²) < 4.78 is 26.1. The first-order valence-electron chi connectivity index (χ1n) is 4.67. The van der Waals surface area contributed by atoms with Crippen molar-refractivity contribution in [3.8, 4) is 0 Å². The number of nitrogens with one attached hydrogen (secondary N) is 1. The summed E-state index contributed by atoms with van der Waals surface area (Å²) in [4.78, 5) is 8.22. The molecule has 0 saturated carbocycles. The molecule has 2 heterocycles. The number of hydrogen-bond donors (Lipinski definition) is 2. The third kappa shape index (κ3) is 2.99. The predicted molar refractivity (Wildman–Crippen MR) is 64.8 cm³/mol. The van der Waals surface area contributed by atoms with Crippen molar-refractivity contribution in [2.75, 3.05) is 5.73 Å². The standard InChI is InChI=1S/C9H10N4O2S2/c10-9-11-5-8(6-12-9)17(14,15)13-4-7-2-1-3-16-7/h1-3,5-6,13H,4H2,(H2,10,11,12). The molecule has 0 aromatic carbocycles. The molecule has 0 aliphatic carbocycles. The van der Waals surface area contributed by atoms with Crippen LogP contribution >= 0.6 is 11.3 Å². The highest BCUT2D eigenvalue weighted by molar-refractivity contribution is 7.89. The highest BCUT2D eigenvalue weighted by Gasteiger charge is 2.14. The van der Waals surface area contributed by atoms with Crippen LogP contribution in [0, 0.1) is 0 Å². The highest BCUT2D eigenvalue weighted by atomic mass is 32.2. The fraction of sp³-hybridized carbons (Fsp3) is 0.111. The molecule has 8 heteroatoms. The van der Waals surface area contributed by atoms with E-state index in [0.717, 1.165) is 4.88 Å². The first kappa shape index (κ1) is 12.0. The average Bonchev–Trinajstić information content (AvgIpc) is 2.80. The summed E-state index contributed by atoms with van der Waals surface area (Å²) in [5.41, 5.74) is 5.29. The molecule has 6 nitrogen and oxygen atoms in total. The van der Waals surface area contributed by atoms with Crippen molar-refractivity contribution >= 4 is 27.3 Å². The number of nitrogens with zero attached hydrogens (tertiary/aromatic N) is 2. The van der Waals surface area contributed by atoms with Crippen LogP contribution in [0.3, 0.4) is 0 Å². The minimum absolute atomic E-state index is 0.00301. The quantitative estimate of drug-likeness (QED) is 0.847. The van der Waals surface area contributed by atoms with Gasteiger partial charge in [0.15, 0.2) is 0 Å². The lowest BCUT2D eigenvalue weighted by Gasteiger charge is -2.04. The Balaban J connectivity index is 2.11. The van der Waals surface area contributed by atoms with Crippen molar-refractivity contribution < 1.29 is 8.42 Å². The van der Waals surface area contributed by atoms with Gasteiger partial charge in [0.1, 0.15) is 4.90 Å². The van der Waals surface area contributed by atoms with Crippen molar-refractivity contribution in [1.82, 2.24) is 14.7 Å². The lowest BCUT2D eigenvalue weighted by Crippen LogP contribution is -2.23. The summed E-state index contributed by atoms with van der Waals surface area (Å²) in [7, 11) is -3.58. The Labute approximate surface area is 103 Å². The molecule has 2 rings (SSSR count). The summed E-state index contributed by atoms with van der Waals surface area (Å²) in [6.07, 6.45) is 2.36. The van der Waals surface area contributed by atoms with Crippen molar-refractivity contribution in [2.45, 2.75) is 11.4 Å². The van der Waals surface area contributed by atoms with E-state index in [2.05, 4.69) is 14.7 Å². The molecule has 0 aliphatic heterocycles. The van der Waals surface area contributed by atoms with E-state index >= 15 is 0 Å². The maximum Gasteiger partial charge on any atom is 0.243 e. The van der Waals surface area contributed by atoms with Crippen LogP contribution in [0.1, 0.15) is 4.88 Å². The normalized spacial score (nSPS) is 11.5. The summed E-state index contributed by atoms with van der Waals surface area (Å²) in [5, 5.41) is 1.88. The van der Waals surface area contributed by atoms with Crippen molar-refractivity contribution in [3.05, 3.63) is 34.8 Å². The number of nitrogens with two attached hydrogens (primary N) is 1. The van der Waals surface area contributed by atoms with Crippen LogP contribution in [0.5, 0.6) is 0 Å². The third-order valence-corrected chi connectivity index (χ3v) is 4.21. The van der Waals surface area contributed by atoms with Crippen molar-refractivity contribution in [3.63, 3.8) is 0 Å². The lowest BCUT2D eigenvalue weighted by molar-refractivity contribution is 0.581. The van der Waals surface area contributed by atoms with Gasteiger partial charge < -0.3 is 5.73 Å². The van der Waals surface area contributed by atoms with Crippen LogP contribution in [0.25, 0.3) is 0 Å². The van der Waals surface area contributed by atoms with Gasteiger partial charge in [-0.05, 0) is 11.4 Å². The highest BCUT2D eigenvalue weighted by Crippen LogP contribution is 2.11. The van der Waals surface area contributed by atoms with Gasteiger partial charge in [-0.15, -0.1) is 11.3 Å². The third-order valence-electron chi connectivity index (χ3n) is 1.97. The van der Waals surface area contributed by atoms with Gasteiger partial charge in [0.05, 0.1) is 12.4 Å². The minimum Gasteiger partial charge on any atom is -0.368 e. The van der Waals surface area contributed by atoms with E-state index in [9.17, 15) is 8.42 Å². The van der Waals surface area contributed by atoms with Crippen LogP contribution in [0.15, 0.2) is 34.8 Å². The molecule has 0 fully saturated rings. The van der Waals surface area contributed by atoms with Crippen LogP contribution < -0.4 is 10.5 Å². The van der Waals surface area contributed by atoms with Crippen LogP contribution in [0.4, 0.5) is 5.95 Å². The Morgan fingerprint density at radius 3 is 2.65 bits per heavy atom. The molecule has 3 N–H and O–H groups in total. The van der Waals surface area contributed by atoms with Gasteiger partial charge in [0, 0.05) is 11.4 Å². The molecule has 0 atom stereocenters. The molecule has 17 heavy (non-hydrogen) atoms. The van der Waals surface area contributed by atoms with Crippen LogP contribution in [0.2, 0.25) is 0 Å². The summed E-state index contributed by atoms with van der Waals surface area (Å²) >= 11 is 1.48. The molecular weight excluding hydrogens is 260 g/mol. The van der Waals surface area contributed by atoms with E-state index < -0.39 is 10.0 Å². The van der Waals surface area contributed by atoms with E-state index in [1.807, 2.05) is 17.5 Å². The van der Waals surface area contributed by atoms with Gasteiger partial charge in [0.25, 0.3) is 0 Å². The Morgan fingerprint density at radius 1 is 1.35 bits per heavy atom. The second-order valence-corrected chi connectivity index (χ2v) is 5.98. The molecule has 0 unspecified atom stereocenters. The number of aromatic nitrogens is 2. The van der Waals surface area contributed by atoms with Gasteiger partial charge in [-0.1, -0.05) is 6.07 Å². The Morgan fingerprint density at radius 2 is 2.06 bits per heavy atom. The topological polar surface area (TPSA) is 98.0 Å². The zero-order valence-electron chi connectivity index (χ0n) is 8.70. The first-order valence-corrected chi connectivity index (χ1v) is 7.04. The van der Waals surface area contributed by atoms with Crippen molar-refractivity contribution in [2.24, 2.45) is 0 Å². The number of thiophene rings is 1. The molecule has 0 spiro atoms.